The number of hydrogen-bond acceptors (Lipinski definition) is 3. The van der Waals surface area contributed by atoms with Crippen molar-refractivity contribution in [3.05, 3.63) is 30.3 Å². The smallest absolute Gasteiger partial charge is 0.242 e. The molecule has 0 aromatic heterocycles. The molecule has 0 aliphatic carbocycles. The molecule has 0 aliphatic rings. The Morgan fingerprint density at radius 3 is 2.44 bits per heavy atom. The van der Waals surface area contributed by atoms with Crippen molar-refractivity contribution in [3.8, 4) is 12.3 Å². The average Bonchev–Trinajstić information content (AvgIpc) is 2.30. The molecule has 0 saturated carbocycles. The van der Waals surface area contributed by atoms with Crippen molar-refractivity contribution < 1.29 is 13.2 Å². The first-order valence-electron chi connectivity index (χ1n) is 5.49. The summed E-state index contributed by atoms with van der Waals surface area (Å²) in [6.07, 6.45) is 4.96. The maximum Gasteiger partial charge on any atom is 0.242 e. The van der Waals surface area contributed by atoms with Crippen LogP contribution in [0, 0.1) is 12.3 Å². The maximum atomic E-state index is 11.9. The fourth-order valence-corrected chi connectivity index (χ4v) is 2.44. The number of carbonyl (C=O) groups is 1. The van der Waals surface area contributed by atoms with E-state index in [1.165, 1.54) is 4.90 Å². The van der Waals surface area contributed by atoms with E-state index >= 15 is 0 Å². The van der Waals surface area contributed by atoms with E-state index in [-0.39, 0.29) is 0 Å². The van der Waals surface area contributed by atoms with E-state index in [1.54, 1.807) is 31.2 Å². The van der Waals surface area contributed by atoms with Gasteiger partial charge in [0, 0.05) is 12.2 Å². The quantitative estimate of drug-likeness (QED) is 0.749. The molecular weight excluding hydrogens is 250 g/mol. The fraction of sp³-hybridized carbons (Fsp3) is 0.308. The Bertz CT molecular complexity index is 543. The van der Waals surface area contributed by atoms with Gasteiger partial charge in [0.2, 0.25) is 5.91 Å². The molecule has 1 rings (SSSR count). The van der Waals surface area contributed by atoms with Crippen LogP contribution >= 0.6 is 0 Å². The van der Waals surface area contributed by atoms with Gasteiger partial charge in [-0.25, -0.2) is 8.42 Å². The lowest BCUT2D eigenvalue weighted by Crippen LogP contribution is -2.36. The van der Waals surface area contributed by atoms with Crippen LogP contribution in [0.4, 0.5) is 5.69 Å². The van der Waals surface area contributed by atoms with Gasteiger partial charge < -0.3 is 4.90 Å². The van der Waals surface area contributed by atoms with Crippen LogP contribution in [0.2, 0.25) is 0 Å². The van der Waals surface area contributed by atoms with Gasteiger partial charge in [0.05, 0.1) is 0 Å². The molecule has 96 valence electrons. The molecule has 4 nitrogen and oxygen atoms in total. The zero-order valence-corrected chi connectivity index (χ0v) is 11.0. The monoisotopic (exact) mass is 265 g/mol. The van der Waals surface area contributed by atoms with Crippen molar-refractivity contribution in [2.24, 2.45) is 0 Å². The summed E-state index contributed by atoms with van der Waals surface area (Å²) in [6.45, 7) is 2.20. The lowest BCUT2D eigenvalue weighted by atomic mass is 10.3. The van der Waals surface area contributed by atoms with Gasteiger partial charge in [-0.2, -0.15) is 0 Å². The Kier molecular flexibility index (Phi) is 4.93. The minimum absolute atomic E-state index is 0.411. The SMILES string of the molecule is C#CCS(=O)(=O)CC(=O)N(CC)c1ccccc1. The van der Waals surface area contributed by atoms with E-state index in [4.69, 9.17) is 6.42 Å². The fourth-order valence-electron chi connectivity index (χ4n) is 1.55. The highest BCUT2D eigenvalue weighted by molar-refractivity contribution is 7.92. The molecule has 0 radical (unpaired) electrons. The lowest BCUT2D eigenvalue weighted by molar-refractivity contribution is -0.116. The third-order valence-electron chi connectivity index (χ3n) is 2.33. The second-order valence-electron chi connectivity index (χ2n) is 3.71. The highest BCUT2D eigenvalue weighted by Gasteiger charge is 2.21. The first-order chi connectivity index (χ1) is 8.50. The second kappa shape index (κ2) is 6.22. The molecule has 0 bridgehead atoms. The van der Waals surface area contributed by atoms with E-state index in [0.29, 0.717) is 12.2 Å². The van der Waals surface area contributed by atoms with Crippen LogP contribution in [-0.2, 0) is 14.6 Å². The van der Waals surface area contributed by atoms with E-state index < -0.39 is 27.3 Å². The Morgan fingerprint density at radius 1 is 1.33 bits per heavy atom. The maximum absolute atomic E-state index is 11.9. The largest absolute Gasteiger partial charge is 0.312 e. The van der Waals surface area contributed by atoms with Crippen LogP contribution in [0.5, 0.6) is 0 Å². The summed E-state index contributed by atoms with van der Waals surface area (Å²) in [5.41, 5.74) is 0.681. The van der Waals surface area contributed by atoms with Gasteiger partial charge in [0.25, 0.3) is 0 Å². The van der Waals surface area contributed by atoms with Crippen molar-refractivity contribution in [2.45, 2.75) is 6.92 Å². The molecule has 0 fully saturated rings. The summed E-state index contributed by atoms with van der Waals surface area (Å²) in [4.78, 5) is 13.4. The predicted molar refractivity (Wildman–Crippen MR) is 72.0 cm³/mol. The third-order valence-corrected chi connectivity index (χ3v) is 3.63. The van der Waals surface area contributed by atoms with Gasteiger partial charge in [-0.1, -0.05) is 24.1 Å². The molecule has 0 spiro atoms. The molecule has 0 unspecified atom stereocenters. The number of hydrogen-bond donors (Lipinski definition) is 0. The standard InChI is InChI=1S/C13H15NO3S/c1-3-10-18(16,17)11-13(15)14(4-2)12-8-6-5-7-9-12/h1,5-9H,4,10-11H2,2H3. The summed E-state index contributed by atoms with van der Waals surface area (Å²) in [6, 6.07) is 8.93. The number of terminal acetylenes is 1. The molecular formula is C13H15NO3S. The Labute approximate surface area is 108 Å². The number of anilines is 1. The number of nitrogens with zero attached hydrogens (tertiary/aromatic N) is 1. The first kappa shape index (κ1) is 14.3. The number of benzene rings is 1. The topological polar surface area (TPSA) is 54.5 Å². The normalized spacial score (nSPS) is 10.7. The number of rotatable bonds is 5. The van der Waals surface area contributed by atoms with Crippen molar-refractivity contribution in [3.63, 3.8) is 0 Å². The zero-order valence-electron chi connectivity index (χ0n) is 10.2. The summed E-state index contributed by atoms with van der Waals surface area (Å²) in [5, 5.41) is 0. The van der Waals surface area contributed by atoms with Crippen LogP contribution in [0.25, 0.3) is 0 Å². The predicted octanol–water partition coefficient (Wildman–Crippen LogP) is 1.09. The van der Waals surface area contributed by atoms with E-state index in [9.17, 15) is 13.2 Å². The molecule has 0 heterocycles. The molecule has 0 aliphatic heterocycles. The highest BCUT2D eigenvalue weighted by atomic mass is 32.2. The van der Waals surface area contributed by atoms with Gasteiger partial charge in [-0.15, -0.1) is 6.42 Å². The summed E-state index contributed by atoms with van der Waals surface area (Å²) in [7, 11) is -3.52. The van der Waals surface area contributed by atoms with Gasteiger partial charge in [-0.3, -0.25) is 4.79 Å². The number of para-hydroxylation sites is 1. The summed E-state index contributed by atoms with van der Waals surface area (Å²) >= 11 is 0. The minimum atomic E-state index is -3.52. The molecule has 5 heteroatoms. The molecule has 1 aromatic rings. The minimum Gasteiger partial charge on any atom is -0.312 e. The van der Waals surface area contributed by atoms with E-state index in [2.05, 4.69) is 5.92 Å². The molecule has 1 amide bonds. The van der Waals surface area contributed by atoms with Crippen LogP contribution in [0.3, 0.4) is 0 Å². The zero-order chi connectivity index (χ0) is 13.6. The summed E-state index contributed by atoms with van der Waals surface area (Å²) < 4.78 is 23.0. The molecule has 1 aromatic carbocycles. The highest BCUT2D eigenvalue weighted by Crippen LogP contribution is 2.13. The van der Waals surface area contributed by atoms with Gasteiger partial charge in [0.15, 0.2) is 9.84 Å². The molecule has 0 atom stereocenters. The van der Waals surface area contributed by atoms with Gasteiger partial charge in [0.1, 0.15) is 11.5 Å². The van der Waals surface area contributed by atoms with Crippen molar-refractivity contribution in [2.75, 3.05) is 23.0 Å². The first-order valence-corrected chi connectivity index (χ1v) is 7.31. The van der Waals surface area contributed by atoms with Crippen molar-refractivity contribution >= 4 is 21.4 Å². The average molecular weight is 265 g/mol. The molecule has 18 heavy (non-hydrogen) atoms. The van der Waals surface area contributed by atoms with Crippen LogP contribution in [0.15, 0.2) is 30.3 Å². The summed E-state index contributed by atoms with van der Waals surface area (Å²) in [5.74, 6) is 0.625. The Hall–Kier alpha value is -1.80. The van der Waals surface area contributed by atoms with Crippen LogP contribution < -0.4 is 4.90 Å². The Morgan fingerprint density at radius 2 is 1.94 bits per heavy atom. The number of sulfone groups is 1. The third kappa shape index (κ3) is 3.90. The van der Waals surface area contributed by atoms with Crippen molar-refractivity contribution in [1.82, 2.24) is 0 Å². The molecule has 0 saturated heterocycles. The van der Waals surface area contributed by atoms with Crippen LogP contribution in [-0.4, -0.2) is 32.4 Å². The van der Waals surface area contributed by atoms with E-state index in [0.717, 1.165) is 0 Å². The van der Waals surface area contributed by atoms with E-state index in [1.807, 2.05) is 6.07 Å². The lowest BCUT2D eigenvalue weighted by Gasteiger charge is -2.20. The Balaban J connectivity index is 2.86. The number of carbonyl (C=O) groups excluding carboxylic acids is 1. The molecule has 0 N–H and O–H groups in total. The number of amides is 1. The van der Waals surface area contributed by atoms with Gasteiger partial charge in [-0.05, 0) is 19.1 Å². The van der Waals surface area contributed by atoms with Crippen molar-refractivity contribution in [1.29, 1.82) is 0 Å². The second-order valence-corrected chi connectivity index (χ2v) is 5.77. The van der Waals surface area contributed by atoms with Crippen LogP contribution in [0.1, 0.15) is 6.92 Å². The van der Waals surface area contributed by atoms with Gasteiger partial charge >= 0.3 is 0 Å².